The molecule has 19 heavy (non-hydrogen) atoms. The van der Waals surface area contributed by atoms with Gasteiger partial charge in [0.25, 0.3) is 0 Å². The lowest BCUT2D eigenvalue weighted by atomic mass is 10.0. The highest BCUT2D eigenvalue weighted by atomic mass is 32.2. The van der Waals surface area contributed by atoms with Crippen LogP contribution in [0, 0.1) is 5.92 Å². The first kappa shape index (κ1) is 15.6. The van der Waals surface area contributed by atoms with E-state index < -0.39 is 30.4 Å². The molecule has 0 aromatic rings. The van der Waals surface area contributed by atoms with Crippen LogP contribution in [0.3, 0.4) is 0 Å². The molecule has 108 valence electrons. The summed E-state index contributed by atoms with van der Waals surface area (Å²) in [4.78, 5) is 32.7. The fourth-order valence-electron chi connectivity index (χ4n) is 1.77. The third-order valence-corrected chi connectivity index (χ3v) is 3.92. The number of rotatable bonds is 6. The number of carbonyl (C=O) groups is 3. The topological polar surface area (TPSA) is 116 Å². The van der Waals surface area contributed by atoms with E-state index in [0.29, 0.717) is 12.5 Å². The van der Waals surface area contributed by atoms with Crippen molar-refractivity contribution >= 4 is 29.7 Å². The van der Waals surface area contributed by atoms with Crippen LogP contribution in [0.15, 0.2) is 0 Å². The molecule has 1 atom stereocenters. The van der Waals surface area contributed by atoms with Gasteiger partial charge in [0.1, 0.15) is 6.04 Å². The average molecular weight is 290 g/mol. The molecule has 0 saturated carbocycles. The van der Waals surface area contributed by atoms with Gasteiger partial charge in [0, 0.05) is 6.54 Å². The van der Waals surface area contributed by atoms with Crippen molar-refractivity contribution in [2.24, 2.45) is 5.92 Å². The van der Waals surface area contributed by atoms with Crippen molar-refractivity contribution in [2.75, 3.05) is 18.1 Å². The number of thioether (sulfide) groups is 1. The lowest BCUT2D eigenvalue weighted by Crippen LogP contribution is -2.48. The normalized spacial score (nSPS) is 17.5. The Morgan fingerprint density at radius 2 is 1.84 bits per heavy atom. The molecule has 2 amide bonds. The minimum absolute atomic E-state index is 0.412. The number of hydrogen-bond acceptors (Lipinski definition) is 4. The zero-order chi connectivity index (χ0) is 14.3. The zero-order valence-electron chi connectivity index (χ0n) is 10.4. The number of carbonyl (C=O) groups excluding carboxylic acids is 1. The summed E-state index contributed by atoms with van der Waals surface area (Å²) >= 11 is 1.88. The summed E-state index contributed by atoms with van der Waals surface area (Å²) < 4.78 is 0. The Labute approximate surface area is 115 Å². The van der Waals surface area contributed by atoms with Crippen molar-refractivity contribution < 1.29 is 24.6 Å². The number of urea groups is 1. The molecule has 0 aromatic heterocycles. The molecular weight excluding hydrogens is 272 g/mol. The van der Waals surface area contributed by atoms with Gasteiger partial charge in [0.15, 0.2) is 0 Å². The van der Waals surface area contributed by atoms with E-state index in [2.05, 4.69) is 10.6 Å². The molecule has 7 nitrogen and oxygen atoms in total. The Hall–Kier alpha value is -1.44. The van der Waals surface area contributed by atoms with Gasteiger partial charge in [-0.1, -0.05) is 0 Å². The van der Waals surface area contributed by atoms with Crippen molar-refractivity contribution in [1.82, 2.24) is 10.6 Å². The number of carboxylic acids is 2. The SMILES string of the molecule is O=C(O)CC(NC(=O)NCC1CCSCC1)C(=O)O. The summed E-state index contributed by atoms with van der Waals surface area (Å²) in [6.45, 7) is 0.492. The fourth-order valence-corrected chi connectivity index (χ4v) is 2.98. The highest BCUT2D eigenvalue weighted by molar-refractivity contribution is 7.99. The Kier molecular flexibility index (Phi) is 6.48. The van der Waals surface area contributed by atoms with Crippen molar-refractivity contribution in [2.45, 2.75) is 25.3 Å². The molecule has 0 aromatic carbocycles. The second-order valence-electron chi connectivity index (χ2n) is 4.40. The summed E-state index contributed by atoms with van der Waals surface area (Å²) in [5.74, 6) is -0.0616. The lowest BCUT2D eigenvalue weighted by Gasteiger charge is -2.22. The van der Waals surface area contributed by atoms with Gasteiger partial charge in [-0.15, -0.1) is 0 Å². The Morgan fingerprint density at radius 3 is 2.37 bits per heavy atom. The van der Waals surface area contributed by atoms with Crippen LogP contribution in [0.1, 0.15) is 19.3 Å². The molecular formula is C11H18N2O5S. The molecule has 8 heteroatoms. The molecule has 0 aliphatic carbocycles. The third-order valence-electron chi connectivity index (χ3n) is 2.87. The molecule has 1 aliphatic heterocycles. The van der Waals surface area contributed by atoms with Crippen LogP contribution in [-0.2, 0) is 9.59 Å². The number of carboxylic acid groups (broad SMARTS) is 2. The number of hydrogen-bond donors (Lipinski definition) is 4. The molecule has 1 heterocycles. The first-order chi connectivity index (χ1) is 8.99. The average Bonchev–Trinajstić information content (AvgIpc) is 2.36. The molecule has 1 unspecified atom stereocenters. The fraction of sp³-hybridized carbons (Fsp3) is 0.727. The molecule has 1 aliphatic rings. The largest absolute Gasteiger partial charge is 0.481 e. The van der Waals surface area contributed by atoms with Gasteiger partial charge >= 0.3 is 18.0 Å². The van der Waals surface area contributed by atoms with Crippen molar-refractivity contribution in [3.05, 3.63) is 0 Å². The molecule has 4 N–H and O–H groups in total. The van der Waals surface area contributed by atoms with Crippen LogP contribution in [0.2, 0.25) is 0 Å². The summed E-state index contributed by atoms with van der Waals surface area (Å²) in [6.07, 6.45) is 1.42. The Balaban J connectivity index is 2.31. The van der Waals surface area contributed by atoms with Gasteiger partial charge in [-0.3, -0.25) is 4.79 Å². The molecule has 1 rings (SSSR count). The van der Waals surface area contributed by atoms with Gasteiger partial charge in [0.2, 0.25) is 0 Å². The minimum atomic E-state index is -1.40. The summed E-state index contributed by atoms with van der Waals surface area (Å²) in [6, 6.07) is -2.04. The van der Waals surface area contributed by atoms with Crippen molar-refractivity contribution in [3.8, 4) is 0 Å². The highest BCUT2D eigenvalue weighted by Gasteiger charge is 2.23. The maximum Gasteiger partial charge on any atom is 0.326 e. The van der Waals surface area contributed by atoms with E-state index in [4.69, 9.17) is 10.2 Å². The van der Waals surface area contributed by atoms with E-state index in [1.165, 1.54) is 0 Å². The Morgan fingerprint density at radius 1 is 1.21 bits per heavy atom. The zero-order valence-corrected chi connectivity index (χ0v) is 11.2. The maximum absolute atomic E-state index is 11.5. The van der Waals surface area contributed by atoms with Gasteiger partial charge in [-0.05, 0) is 30.3 Å². The van der Waals surface area contributed by atoms with Gasteiger partial charge in [-0.25, -0.2) is 9.59 Å². The van der Waals surface area contributed by atoms with Crippen molar-refractivity contribution in [1.29, 1.82) is 0 Å². The quantitative estimate of drug-likeness (QED) is 0.561. The standard InChI is InChI=1S/C11H18N2O5S/c14-9(15)5-8(10(16)17)13-11(18)12-6-7-1-3-19-4-2-7/h7-8H,1-6H2,(H,14,15)(H,16,17)(H2,12,13,18). The van der Waals surface area contributed by atoms with E-state index in [9.17, 15) is 14.4 Å². The summed E-state index contributed by atoms with van der Waals surface area (Å²) in [5, 5.41) is 22.1. The number of amides is 2. The van der Waals surface area contributed by atoms with Gasteiger partial charge in [0.05, 0.1) is 6.42 Å². The predicted octanol–water partition coefficient (Wildman–Crippen LogP) is 0.357. The second kappa shape index (κ2) is 7.88. The van der Waals surface area contributed by atoms with E-state index in [1.807, 2.05) is 11.8 Å². The first-order valence-corrected chi connectivity index (χ1v) is 7.21. The van der Waals surface area contributed by atoms with Crippen LogP contribution in [0.4, 0.5) is 4.79 Å². The van der Waals surface area contributed by atoms with Crippen LogP contribution >= 0.6 is 11.8 Å². The van der Waals surface area contributed by atoms with Crippen LogP contribution in [0.25, 0.3) is 0 Å². The van der Waals surface area contributed by atoms with E-state index in [-0.39, 0.29) is 0 Å². The third kappa shape index (κ3) is 6.32. The number of aliphatic carboxylic acids is 2. The number of nitrogens with one attached hydrogen (secondary N) is 2. The Bertz CT molecular complexity index is 344. The molecule has 1 fully saturated rings. The highest BCUT2D eigenvalue weighted by Crippen LogP contribution is 2.21. The lowest BCUT2D eigenvalue weighted by molar-refractivity contribution is -0.145. The maximum atomic E-state index is 11.5. The van der Waals surface area contributed by atoms with Crippen molar-refractivity contribution in [3.63, 3.8) is 0 Å². The van der Waals surface area contributed by atoms with Crippen LogP contribution in [0.5, 0.6) is 0 Å². The second-order valence-corrected chi connectivity index (χ2v) is 5.62. The first-order valence-electron chi connectivity index (χ1n) is 6.05. The van der Waals surface area contributed by atoms with Gasteiger partial charge < -0.3 is 20.8 Å². The van der Waals surface area contributed by atoms with E-state index in [0.717, 1.165) is 24.3 Å². The summed E-state index contributed by atoms with van der Waals surface area (Å²) in [7, 11) is 0. The molecule has 1 saturated heterocycles. The van der Waals surface area contributed by atoms with Crippen LogP contribution in [-0.4, -0.2) is 52.3 Å². The monoisotopic (exact) mass is 290 g/mol. The van der Waals surface area contributed by atoms with E-state index in [1.54, 1.807) is 0 Å². The predicted molar refractivity (Wildman–Crippen MR) is 70.3 cm³/mol. The van der Waals surface area contributed by atoms with E-state index >= 15 is 0 Å². The minimum Gasteiger partial charge on any atom is -0.481 e. The molecule has 0 spiro atoms. The molecule has 0 radical (unpaired) electrons. The van der Waals surface area contributed by atoms with Gasteiger partial charge in [-0.2, -0.15) is 11.8 Å². The molecule has 0 bridgehead atoms. The van der Waals surface area contributed by atoms with Crippen LogP contribution < -0.4 is 10.6 Å². The summed E-state index contributed by atoms with van der Waals surface area (Å²) in [5.41, 5.74) is 0. The smallest absolute Gasteiger partial charge is 0.326 e.